The van der Waals surface area contributed by atoms with Gasteiger partial charge in [-0.25, -0.2) is 9.97 Å². The third-order valence-electron chi connectivity index (χ3n) is 4.60. The van der Waals surface area contributed by atoms with Crippen LogP contribution < -0.4 is 10.6 Å². The molecule has 1 aromatic carbocycles. The summed E-state index contributed by atoms with van der Waals surface area (Å²) < 4.78 is 0. The van der Waals surface area contributed by atoms with Gasteiger partial charge in [0.2, 0.25) is 11.6 Å². The van der Waals surface area contributed by atoms with Crippen LogP contribution in [0.1, 0.15) is 44.1 Å². The first-order chi connectivity index (χ1) is 12.1. The number of hydrogen-bond donors (Lipinski definition) is 2. The van der Waals surface area contributed by atoms with Crippen LogP contribution in [0.25, 0.3) is 0 Å². The Morgan fingerprint density at radius 1 is 1.08 bits per heavy atom. The SMILES string of the molecule is Cc1ccccc1Nc1ncnc(NC2CCCCCC2)c1[N+](=O)[O-]. The Hall–Kier alpha value is -2.70. The predicted molar refractivity (Wildman–Crippen MR) is 98.3 cm³/mol. The Morgan fingerprint density at radius 3 is 2.44 bits per heavy atom. The number of hydrogen-bond acceptors (Lipinski definition) is 6. The van der Waals surface area contributed by atoms with Crippen molar-refractivity contribution in [2.24, 2.45) is 0 Å². The van der Waals surface area contributed by atoms with Gasteiger partial charge in [0.05, 0.1) is 4.92 Å². The van der Waals surface area contributed by atoms with E-state index in [0.29, 0.717) is 5.82 Å². The zero-order valence-corrected chi connectivity index (χ0v) is 14.4. The lowest BCUT2D eigenvalue weighted by atomic mass is 10.1. The maximum absolute atomic E-state index is 11.7. The molecule has 0 saturated heterocycles. The van der Waals surface area contributed by atoms with Crippen LogP contribution in [0.5, 0.6) is 0 Å². The van der Waals surface area contributed by atoms with E-state index in [0.717, 1.165) is 36.9 Å². The van der Waals surface area contributed by atoms with E-state index in [9.17, 15) is 10.1 Å². The standard InChI is InChI=1S/C18H23N5O2/c1-13-8-6-7-11-15(13)22-18-16(23(24)25)17(19-12-20-18)21-14-9-4-2-3-5-10-14/h6-8,11-12,14H,2-5,9-10H2,1H3,(H2,19,20,21,22). The second kappa shape index (κ2) is 7.92. The van der Waals surface area contributed by atoms with Crippen molar-refractivity contribution < 1.29 is 4.92 Å². The molecular formula is C18H23N5O2. The zero-order chi connectivity index (χ0) is 17.6. The van der Waals surface area contributed by atoms with E-state index in [1.807, 2.05) is 31.2 Å². The summed E-state index contributed by atoms with van der Waals surface area (Å²) in [6, 6.07) is 7.85. The summed E-state index contributed by atoms with van der Waals surface area (Å²) >= 11 is 0. The molecule has 2 N–H and O–H groups in total. The molecule has 1 saturated carbocycles. The van der Waals surface area contributed by atoms with Crippen molar-refractivity contribution in [2.75, 3.05) is 10.6 Å². The normalized spacial score (nSPS) is 15.4. The van der Waals surface area contributed by atoms with E-state index in [1.54, 1.807) is 0 Å². The van der Waals surface area contributed by atoms with E-state index >= 15 is 0 Å². The monoisotopic (exact) mass is 341 g/mol. The molecule has 7 heteroatoms. The summed E-state index contributed by atoms with van der Waals surface area (Å²) in [5.74, 6) is 0.508. The quantitative estimate of drug-likeness (QED) is 0.470. The molecule has 2 aromatic rings. The molecule has 0 bridgehead atoms. The van der Waals surface area contributed by atoms with Crippen molar-refractivity contribution in [3.8, 4) is 0 Å². The highest BCUT2D eigenvalue weighted by molar-refractivity contribution is 5.74. The number of anilines is 3. The van der Waals surface area contributed by atoms with Gasteiger partial charge in [-0.1, -0.05) is 43.9 Å². The third-order valence-corrected chi connectivity index (χ3v) is 4.60. The van der Waals surface area contributed by atoms with Crippen molar-refractivity contribution in [2.45, 2.75) is 51.5 Å². The van der Waals surface area contributed by atoms with Crippen LogP contribution in [0.2, 0.25) is 0 Å². The number of aromatic nitrogens is 2. The molecule has 0 amide bonds. The average molecular weight is 341 g/mol. The molecule has 132 valence electrons. The molecule has 1 aliphatic carbocycles. The molecule has 0 unspecified atom stereocenters. The van der Waals surface area contributed by atoms with E-state index in [2.05, 4.69) is 20.6 Å². The summed E-state index contributed by atoms with van der Waals surface area (Å²) in [6.45, 7) is 1.94. The highest BCUT2D eigenvalue weighted by Gasteiger charge is 2.25. The van der Waals surface area contributed by atoms with Crippen LogP contribution in [-0.2, 0) is 0 Å². The number of para-hydroxylation sites is 1. The van der Waals surface area contributed by atoms with Gasteiger partial charge < -0.3 is 10.6 Å². The number of nitro groups is 1. The van der Waals surface area contributed by atoms with Crippen molar-refractivity contribution in [1.82, 2.24) is 9.97 Å². The van der Waals surface area contributed by atoms with Gasteiger partial charge in [-0.05, 0) is 31.4 Å². The molecule has 1 aromatic heterocycles. The topological polar surface area (TPSA) is 93.0 Å². The van der Waals surface area contributed by atoms with E-state index in [-0.39, 0.29) is 17.5 Å². The fourth-order valence-electron chi connectivity index (χ4n) is 3.21. The second-order valence-electron chi connectivity index (χ2n) is 6.45. The molecule has 7 nitrogen and oxygen atoms in total. The maximum Gasteiger partial charge on any atom is 0.353 e. The lowest BCUT2D eigenvalue weighted by Gasteiger charge is -2.17. The lowest BCUT2D eigenvalue weighted by molar-refractivity contribution is -0.383. The van der Waals surface area contributed by atoms with Gasteiger partial charge in [0.1, 0.15) is 6.33 Å². The number of nitrogens with zero attached hydrogens (tertiary/aromatic N) is 3. The van der Waals surface area contributed by atoms with E-state index in [1.165, 1.54) is 19.2 Å². The first-order valence-corrected chi connectivity index (χ1v) is 8.73. The molecule has 0 radical (unpaired) electrons. The van der Waals surface area contributed by atoms with Crippen molar-refractivity contribution in [1.29, 1.82) is 0 Å². The minimum Gasteiger partial charge on any atom is -0.361 e. The summed E-state index contributed by atoms with van der Waals surface area (Å²) in [5, 5.41) is 18.0. The van der Waals surface area contributed by atoms with E-state index in [4.69, 9.17) is 0 Å². The number of nitrogens with one attached hydrogen (secondary N) is 2. The first kappa shape index (κ1) is 17.1. The summed E-state index contributed by atoms with van der Waals surface area (Å²) in [6.07, 6.45) is 8.14. The summed E-state index contributed by atoms with van der Waals surface area (Å²) in [7, 11) is 0. The van der Waals surface area contributed by atoms with Gasteiger partial charge in [0.25, 0.3) is 0 Å². The van der Waals surface area contributed by atoms with Gasteiger partial charge in [-0.3, -0.25) is 10.1 Å². The highest BCUT2D eigenvalue weighted by Crippen LogP contribution is 2.33. The Kier molecular flexibility index (Phi) is 5.42. The highest BCUT2D eigenvalue weighted by atomic mass is 16.6. The fraction of sp³-hybridized carbons (Fsp3) is 0.444. The van der Waals surface area contributed by atoms with Gasteiger partial charge in [-0.2, -0.15) is 0 Å². The molecule has 1 aliphatic rings. The molecule has 1 fully saturated rings. The predicted octanol–water partition coefficient (Wildman–Crippen LogP) is 4.57. The molecule has 3 rings (SSSR count). The summed E-state index contributed by atoms with van der Waals surface area (Å²) in [4.78, 5) is 19.5. The van der Waals surface area contributed by atoms with Crippen LogP contribution in [0, 0.1) is 17.0 Å². The van der Waals surface area contributed by atoms with Crippen LogP contribution in [0.15, 0.2) is 30.6 Å². The van der Waals surface area contributed by atoms with Crippen molar-refractivity contribution >= 4 is 23.0 Å². The van der Waals surface area contributed by atoms with Crippen LogP contribution in [0.4, 0.5) is 23.0 Å². The van der Waals surface area contributed by atoms with Gasteiger partial charge in [0.15, 0.2) is 0 Å². The van der Waals surface area contributed by atoms with Gasteiger partial charge in [0, 0.05) is 11.7 Å². The molecule has 1 heterocycles. The first-order valence-electron chi connectivity index (χ1n) is 8.73. The number of aryl methyl sites for hydroxylation is 1. The molecule has 0 aliphatic heterocycles. The van der Waals surface area contributed by atoms with E-state index < -0.39 is 4.92 Å². The Morgan fingerprint density at radius 2 is 1.76 bits per heavy atom. The minimum atomic E-state index is -0.417. The molecule has 0 atom stereocenters. The molecular weight excluding hydrogens is 318 g/mol. The Labute approximate surface area is 147 Å². The minimum absolute atomic E-state index is 0.102. The van der Waals surface area contributed by atoms with Crippen molar-refractivity contribution in [3.05, 3.63) is 46.3 Å². The van der Waals surface area contributed by atoms with Gasteiger partial charge >= 0.3 is 5.69 Å². The maximum atomic E-state index is 11.7. The van der Waals surface area contributed by atoms with Crippen molar-refractivity contribution in [3.63, 3.8) is 0 Å². The van der Waals surface area contributed by atoms with Crippen LogP contribution >= 0.6 is 0 Å². The Bertz CT molecular complexity index is 742. The Balaban J connectivity index is 1.88. The zero-order valence-electron chi connectivity index (χ0n) is 14.4. The average Bonchev–Trinajstić information content (AvgIpc) is 2.85. The van der Waals surface area contributed by atoms with Crippen LogP contribution in [-0.4, -0.2) is 20.9 Å². The number of benzene rings is 1. The molecule has 25 heavy (non-hydrogen) atoms. The fourth-order valence-corrected chi connectivity index (χ4v) is 3.21. The largest absolute Gasteiger partial charge is 0.361 e. The summed E-state index contributed by atoms with van der Waals surface area (Å²) in [5.41, 5.74) is 1.69. The smallest absolute Gasteiger partial charge is 0.353 e. The molecule has 0 spiro atoms. The second-order valence-corrected chi connectivity index (χ2v) is 6.45. The number of rotatable bonds is 5. The van der Waals surface area contributed by atoms with Gasteiger partial charge in [-0.15, -0.1) is 0 Å². The lowest BCUT2D eigenvalue weighted by Crippen LogP contribution is -2.20. The van der Waals surface area contributed by atoms with Crippen LogP contribution in [0.3, 0.4) is 0 Å². The third kappa shape index (κ3) is 4.23.